The first-order valence-corrected chi connectivity index (χ1v) is 5.51. The van der Waals surface area contributed by atoms with E-state index >= 15 is 0 Å². The molecule has 0 N–H and O–H groups in total. The van der Waals surface area contributed by atoms with Crippen LogP contribution in [0.5, 0.6) is 0 Å². The minimum absolute atomic E-state index is 0.536. The molecule has 0 aliphatic heterocycles. The third-order valence-electron chi connectivity index (χ3n) is 2.48. The van der Waals surface area contributed by atoms with Gasteiger partial charge in [-0.2, -0.15) is 5.10 Å². The Hall–Kier alpha value is -1.42. The average Bonchev–Trinajstić information content (AvgIpc) is 2.64. The van der Waals surface area contributed by atoms with Crippen molar-refractivity contribution in [1.82, 2.24) is 19.7 Å². The second-order valence-corrected chi connectivity index (χ2v) is 4.02. The minimum atomic E-state index is 0.536. The summed E-state index contributed by atoms with van der Waals surface area (Å²) in [4.78, 5) is 8.73. The highest BCUT2D eigenvalue weighted by Gasteiger charge is 2.10. The van der Waals surface area contributed by atoms with Gasteiger partial charge >= 0.3 is 0 Å². The number of hydrogen-bond acceptors (Lipinski definition) is 3. The van der Waals surface area contributed by atoms with Crippen molar-refractivity contribution in [3.63, 3.8) is 0 Å². The molecular formula is C11H13ClN4. The SMILES string of the molecule is CCc1c(C)nc(-c2cnn(C)c2)nc1Cl. The quantitative estimate of drug-likeness (QED) is 0.752. The summed E-state index contributed by atoms with van der Waals surface area (Å²) in [5.74, 6) is 0.632. The van der Waals surface area contributed by atoms with E-state index in [0.29, 0.717) is 11.0 Å². The molecule has 2 aromatic rings. The Bertz CT molecular complexity index is 495. The van der Waals surface area contributed by atoms with Gasteiger partial charge in [-0.3, -0.25) is 4.68 Å². The van der Waals surface area contributed by atoms with Crippen LogP contribution < -0.4 is 0 Å². The number of aryl methyl sites for hydroxylation is 2. The fourth-order valence-electron chi connectivity index (χ4n) is 1.63. The normalized spacial score (nSPS) is 10.8. The molecule has 0 radical (unpaired) electrons. The van der Waals surface area contributed by atoms with Crippen LogP contribution in [-0.2, 0) is 13.5 Å². The van der Waals surface area contributed by atoms with Crippen LogP contribution >= 0.6 is 11.6 Å². The van der Waals surface area contributed by atoms with E-state index in [4.69, 9.17) is 11.6 Å². The first kappa shape index (κ1) is 11.1. The maximum Gasteiger partial charge on any atom is 0.164 e. The van der Waals surface area contributed by atoms with Crippen LogP contribution in [0.4, 0.5) is 0 Å². The topological polar surface area (TPSA) is 43.6 Å². The molecule has 16 heavy (non-hydrogen) atoms. The summed E-state index contributed by atoms with van der Waals surface area (Å²) in [5.41, 5.74) is 2.82. The van der Waals surface area contributed by atoms with E-state index in [1.54, 1.807) is 10.9 Å². The molecule has 2 heterocycles. The summed E-state index contributed by atoms with van der Waals surface area (Å²) in [5, 5.41) is 4.62. The van der Waals surface area contributed by atoms with Gasteiger partial charge in [-0.25, -0.2) is 9.97 Å². The fourth-order valence-corrected chi connectivity index (χ4v) is 1.98. The first-order chi connectivity index (χ1) is 7.61. The lowest BCUT2D eigenvalue weighted by atomic mass is 10.2. The molecule has 0 bridgehead atoms. The first-order valence-electron chi connectivity index (χ1n) is 5.14. The number of nitrogens with zero attached hydrogens (tertiary/aromatic N) is 4. The highest BCUT2D eigenvalue weighted by atomic mass is 35.5. The Balaban J connectivity index is 2.52. The molecule has 2 rings (SSSR count). The number of halogens is 1. The van der Waals surface area contributed by atoms with Gasteiger partial charge < -0.3 is 0 Å². The van der Waals surface area contributed by atoms with Gasteiger partial charge in [0, 0.05) is 24.5 Å². The molecule has 0 saturated heterocycles. The lowest BCUT2D eigenvalue weighted by Gasteiger charge is -2.06. The Labute approximate surface area is 99.3 Å². The Morgan fingerprint density at radius 1 is 1.38 bits per heavy atom. The highest BCUT2D eigenvalue weighted by molar-refractivity contribution is 6.30. The zero-order chi connectivity index (χ0) is 11.7. The van der Waals surface area contributed by atoms with Crippen LogP contribution in [0, 0.1) is 6.92 Å². The van der Waals surface area contributed by atoms with Gasteiger partial charge in [-0.1, -0.05) is 18.5 Å². The van der Waals surface area contributed by atoms with Crippen molar-refractivity contribution in [2.45, 2.75) is 20.3 Å². The monoisotopic (exact) mass is 236 g/mol. The Kier molecular flexibility index (Phi) is 2.92. The van der Waals surface area contributed by atoms with E-state index in [0.717, 1.165) is 23.2 Å². The molecule has 0 atom stereocenters. The fraction of sp³-hybridized carbons (Fsp3) is 0.364. The lowest BCUT2D eigenvalue weighted by molar-refractivity contribution is 0.768. The summed E-state index contributed by atoms with van der Waals surface area (Å²) in [6.07, 6.45) is 4.45. The molecule has 5 heteroatoms. The molecule has 0 saturated carbocycles. The lowest BCUT2D eigenvalue weighted by Crippen LogP contribution is -1.98. The van der Waals surface area contributed by atoms with Crippen molar-refractivity contribution in [2.75, 3.05) is 0 Å². The second kappa shape index (κ2) is 4.22. The van der Waals surface area contributed by atoms with Gasteiger partial charge in [-0.15, -0.1) is 0 Å². The summed E-state index contributed by atoms with van der Waals surface area (Å²) in [6.45, 7) is 3.99. The molecular weight excluding hydrogens is 224 g/mol. The van der Waals surface area contributed by atoms with Crippen LogP contribution in [0.3, 0.4) is 0 Å². The van der Waals surface area contributed by atoms with E-state index in [1.165, 1.54) is 0 Å². The van der Waals surface area contributed by atoms with Gasteiger partial charge in [0.25, 0.3) is 0 Å². The second-order valence-electron chi connectivity index (χ2n) is 3.66. The molecule has 0 fully saturated rings. The minimum Gasteiger partial charge on any atom is -0.275 e. The van der Waals surface area contributed by atoms with Crippen molar-refractivity contribution in [2.24, 2.45) is 7.05 Å². The summed E-state index contributed by atoms with van der Waals surface area (Å²) in [6, 6.07) is 0. The molecule has 0 aliphatic carbocycles. The van der Waals surface area contributed by atoms with E-state index < -0.39 is 0 Å². The van der Waals surface area contributed by atoms with E-state index in [9.17, 15) is 0 Å². The number of aromatic nitrogens is 4. The third kappa shape index (κ3) is 1.93. The van der Waals surface area contributed by atoms with Gasteiger partial charge in [0.05, 0.1) is 11.8 Å². The van der Waals surface area contributed by atoms with Crippen LogP contribution in [0.25, 0.3) is 11.4 Å². The van der Waals surface area contributed by atoms with E-state index in [1.807, 2.05) is 27.1 Å². The predicted molar refractivity (Wildman–Crippen MR) is 63.4 cm³/mol. The predicted octanol–water partition coefficient (Wildman–Crippen LogP) is 2.40. The molecule has 0 unspecified atom stereocenters. The summed E-state index contributed by atoms with van der Waals surface area (Å²) in [7, 11) is 1.86. The largest absolute Gasteiger partial charge is 0.275 e. The van der Waals surface area contributed by atoms with Crippen molar-refractivity contribution < 1.29 is 0 Å². The maximum absolute atomic E-state index is 6.11. The standard InChI is InChI=1S/C11H13ClN4/c1-4-9-7(2)14-11(15-10(9)12)8-5-13-16(3)6-8/h5-6H,4H2,1-3H3. The molecule has 0 spiro atoms. The molecule has 0 amide bonds. The van der Waals surface area contributed by atoms with Crippen LogP contribution in [-0.4, -0.2) is 19.7 Å². The zero-order valence-electron chi connectivity index (χ0n) is 9.53. The molecule has 0 aliphatic rings. The van der Waals surface area contributed by atoms with Gasteiger partial charge in [0.2, 0.25) is 0 Å². The molecule has 2 aromatic heterocycles. The third-order valence-corrected chi connectivity index (χ3v) is 2.79. The number of rotatable bonds is 2. The van der Waals surface area contributed by atoms with Crippen molar-refractivity contribution >= 4 is 11.6 Å². The maximum atomic E-state index is 6.11. The van der Waals surface area contributed by atoms with Crippen LogP contribution in [0.15, 0.2) is 12.4 Å². The summed E-state index contributed by atoms with van der Waals surface area (Å²) < 4.78 is 1.72. The smallest absolute Gasteiger partial charge is 0.164 e. The van der Waals surface area contributed by atoms with Gasteiger partial charge in [0.15, 0.2) is 5.82 Å². The van der Waals surface area contributed by atoms with Crippen LogP contribution in [0.2, 0.25) is 5.15 Å². The number of hydrogen-bond donors (Lipinski definition) is 0. The van der Waals surface area contributed by atoms with Gasteiger partial charge in [-0.05, 0) is 13.3 Å². The Morgan fingerprint density at radius 2 is 2.12 bits per heavy atom. The zero-order valence-corrected chi connectivity index (χ0v) is 10.3. The van der Waals surface area contributed by atoms with E-state index in [-0.39, 0.29) is 0 Å². The summed E-state index contributed by atoms with van der Waals surface area (Å²) >= 11 is 6.11. The van der Waals surface area contributed by atoms with Gasteiger partial charge in [0.1, 0.15) is 5.15 Å². The van der Waals surface area contributed by atoms with Crippen LogP contribution in [0.1, 0.15) is 18.2 Å². The molecule has 4 nitrogen and oxygen atoms in total. The van der Waals surface area contributed by atoms with E-state index in [2.05, 4.69) is 15.1 Å². The Morgan fingerprint density at radius 3 is 2.62 bits per heavy atom. The van der Waals surface area contributed by atoms with Crippen molar-refractivity contribution in [3.05, 3.63) is 28.8 Å². The molecule has 0 aromatic carbocycles. The highest BCUT2D eigenvalue weighted by Crippen LogP contribution is 2.21. The average molecular weight is 237 g/mol. The van der Waals surface area contributed by atoms with Crippen molar-refractivity contribution in [1.29, 1.82) is 0 Å². The molecule has 84 valence electrons. The van der Waals surface area contributed by atoms with Crippen molar-refractivity contribution in [3.8, 4) is 11.4 Å².